The van der Waals surface area contributed by atoms with Crippen molar-refractivity contribution < 1.29 is 4.79 Å². The minimum atomic E-state index is -0.217. The van der Waals surface area contributed by atoms with Crippen molar-refractivity contribution in [3.05, 3.63) is 71.1 Å². The van der Waals surface area contributed by atoms with Crippen LogP contribution in [-0.2, 0) is 0 Å². The maximum absolute atomic E-state index is 12.3. The molecule has 2 rings (SSSR count). The zero-order valence-electron chi connectivity index (χ0n) is 14.0. The molecule has 1 aromatic heterocycles. The summed E-state index contributed by atoms with van der Waals surface area (Å²) in [6.07, 6.45) is 7.01. The second kappa shape index (κ2) is 10.5. The molecule has 3 nitrogen and oxygen atoms in total. The van der Waals surface area contributed by atoms with Crippen molar-refractivity contribution in [3.63, 3.8) is 0 Å². The van der Waals surface area contributed by atoms with Gasteiger partial charge < -0.3 is 10.3 Å². The predicted molar refractivity (Wildman–Crippen MR) is 107 cm³/mol. The standard InChI is InChI=1S/C17H17ClN2O.C2H6.CH4/c1-4-6-12(7-5-2)19-17(21)15-10-13-14(20-15)9-8-11(3)16(13)18;1-2;/h4-10,20H,1H2,2-3H3,(H,19,21);1-2H3;1H4/b7-5-,12-6+;;. The maximum atomic E-state index is 12.3. The minimum absolute atomic E-state index is 0. The topological polar surface area (TPSA) is 44.9 Å². The Bertz CT molecular complexity index is 754. The summed E-state index contributed by atoms with van der Waals surface area (Å²) in [4.78, 5) is 15.4. The molecule has 0 spiro atoms. The van der Waals surface area contributed by atoms with Crippen LogP contribution in [0.15, 0.2) is 54.8 Å². The van der Waals surface area contributed by atoms with Crippen molar-refractivity contribution in [2.45, 2.75) is 35.1 Å². The van der Waals surface area contributed by atoms with E-state index in [-0.39, 0.29) is 13.3 Å². The lowest BCUT2D eigenvalue weighted by Crippen LogP contribution is -2.22. The highest BCUT2D eigenvalue weighted by molar-refractivity contribution is 6.36. The first-order valence-electron chi connectivity index (χ1n) is 7.61. The SMILES string of the molecule is C.C=C/C=C(\C=C/C)NC(=O)c1cc2c(Cl)c(C)ccc2[nH]1.CC. The highest BCUT2D eigenvalue weighted by Gasteiger charge is 2.12. The van der Waals surface area contributed by atoms with Gasteiger partial charge in [0.25, 0.3) is 5.91 Å². The van der Waals surface area contributed by atoms with Crippen molar-refractivity contribution in [2.24, 2.45) is 0 Å². The lowest BCUT2D eigenvalue weighted by molar-refractivity contribution is 0.0963. The molecule has 0 atom stereocenters. The van der Waals surface area contributed by atoms with E-state index in [1.54, 1.807) is 24.3 Å². The molecule has 0 aliphatic carbocycles. The molecule has 1 heterocycles. The number of aromatic nitrogens is 1. The molecule has 0 aliphatic heterocycles. The molecular formula is C20H27ClN2O. The van der Waals surface area contributed by atoms with Crippen LogP contribution in [0.2, 0.25) is 5.02 Å². The number of carbonyl (C=O) groups excluding carboxylic acids is 1. The summed E-state index contributed by atoms with van der Waals surface area (Å²) >= 11 is 6.26. The minimum Gasteiger partial charge on any atom is -0.350 e. The van der Waals surface area contributed by atoms with Gasteiger partial charge in [-0.25, -0.2) is 0 Å². The Hall–Kier alpha value is -2.26. The molecule has 0 bridgehead atoms. The molecule has 4 heteroatoms. The maximum Gasteiger partial charge on any atom is 0.272 e. The number of nitrogens with one attached hydrogen (secondary N) is 2. The van der Waals surface area contributed by atoms with Gasteiger partial charge in [-0.3, -0.25) is 4.79 Å². The fraction of sp³-hybridized carbons (Fsp3) is 0.250. The summed E-state index contributed by atoms with van der Waals surface area (Å²) < 4.78 is 0. The van der Waals surface area contributed by atoms with Gasteiger partial charge in [0.2, 0.25) is 0 Å². The number of amides is 1. The molecule has 0 aliphatic rings. The van der Waals surface area contributed by atoms with Gasteiger partial charge in [-0.05, 0) is 43.7 Å². The summed E-state index contributed by atoms with van der Waals surface area (Å²) in [7, 11) is 0. The monoisotopic (exact) mass is 346 g/mol. The second-order valence-corrected chi connectivity index (χ2v) is 5.03. The number of hydrogen-bond acceptors (Lipinski definition) is 1. The smallest absolute Gasteiger partial charge is 0.272 e. The Morgan fingerprint density at radius 2 is 2.00 bits per heavy atom. The number of halogens is 1. The van der Waals surface area contributed by atoms with Crippen LogP contribution >= 0.6 is 11.6 Å². The summed E-state index contributed by atoms with van der Waals surface area (Å²) in [6.45, 7) is 11.5. The molecule has 2 aromatic rings. The highest BCUT2D eigenvalue weighted by atomic mass is 35.5. The Kier molecular flexibility index (Phi) is 9.51. The first-order chi connectivity index (χ1) is 11.1. The van der Waals surface area contributed by atoms with Crippen LogP contribution in [0.3, 0.4) is 0 Å². The molecule has 0 radical (unpaired) electrons. The zero-order chi connectivity index (χ0) is 17.4. The quantitative estimate of drug-likeness (QED) is 0.639. The van der Waals surface area contributed by atoms with Crippen molar-refractivity contribution in [2.75, 3.05) is 0 Å². The number of hydrogen-bond donors (Lipinski definition) is 2. The van der Waals surface area contributed by atoms with Gasteiger partial charge in [0.05, 0.1) is 5.02 Å². The number of aryl methyl sites for hydroxylation is 1. The molecule has 2 N–H and O–H groups in total. The molecule has 0 saturated carbocycles. The average molecular weight is 347 g/mol. The average Bonchev–Trinajstić information content (AvgIpc) is 2.98. The van der Waals surface area contributed by atoms with Crippen LogP contribution < -0.4 is 5.32 Å². The largest absolute Gasteiger partial charge is 0.350 e. The Labute approximate surface area is 150 Å². The van der Waals surface area contributed by atoms with E-state index in [2.05, 4.69) is 16.9 Å². The number of fused-ring (bicyclic) bond motifs is 1. The summed E-state index contributed by atoms with van der Waals surface area (Å²) in [5.74, 6) is -0.217. The first kappa shape index (κ1) is 21.7. The number of allylic oxidation sites excluding steroid dienone is 4. The number of benzene rings is 1. The van der Waals surface area contributed by atoms with E-state index in [1.807, 2.05) is 45.9 Å². The molecule has 130 valence electrons. The van der Waals surface area contributed by atoms with E-state index in [0.29, 0.717) is 16.4 Å². The van der Waals surface area contributed by atoms with E-state index in [9.17, 15) is 4.79 Å². The van der Waals surface area contributed by atoms with Gasteiger partial charge in [-0.2, -0.15) is 0 Å². The fourth-order valence-corrected chi connectivity index (χ4v) is 2.26. The van der Waals surface area contributed by atoms with Gasteiger partial charge in [-0.1, -0.05) is 57.7 Å². The predicted octanol–water partition coefficient (Wildman–Crippen LogP) is 6.17. The van der Waals surface area contributed by atoms with Crippen molar-refractivity contribution in [3.8, 4) is 0 Å². The third-order valence-corrected chi connectivity index (χ3v) is 3.58. The van der Waals surface area contributed by atoms with Crippen molar-refractivity contribution in [1.29, 1.82) is 0 Å². The van der Waals surface area contributed by atoms with Crippen LogP contribution in [0.5, 0.6) is 0 Å². The molecule has 0 saturated heterocycles. The van der Waals surface area contributed by atoms with Gasteiger partial charge in [0, 0.05) is 16.6 Å². The molecule has 1 aromatic carbocycles. The summed E-state index contributed by atoms with van der Waals surface area (Å²) in [5, 5.41) is 4.33. The van der Waals surface area contributed by atoms with Gasteiger partial charge in [0.15, 0.2) is 0 Å². The summed E-state index contributed by atoms with van der Waals surface area (Å²) in [5.41, 5.74) is 2.97. The molecule has 24 heavy (non-hydrogen) atoms. The Morgan fingerprint density at radius 1 is 1.33 bits per heavy atom. The lowest BCUT2D eigenvalue weighted by Gasteiger charge is -2.03. The van der Waals surface area contributed by atoms with E-state index >= 15 is 0 Å². The Morgan fingerprint density at radius 3 is 2.58 bits per heavy atom. The number of H-pyrrole nitrogens is 1. The number of carbonyl (C=O) groups is 1. The van der Waals surface area contributed by atoms with E-state index in [4.69, 9.17) is 11.6 Å². The first-order valence-corrected chi connectivity index (χ1v) is 7.99. The van der Waals surface area contributed by atoms with Crippen molar-refractivity contribution >= 4 is 28.4 Å². The molecule has 0 fully saturated rings. The van der Waals surface area contributed by atoms with E-state index in [0.717, 1.165) is 16.5 Å². The van der Waals surface area contributed by atoms with Crippen LogP contribution in [-0.4, -0.2) is 10.9 Å². The molecule has 1 amide bonds. The van der Waals surface area contributed by atoms with Crippen LogP contribution in [0.1, 0.15) is 44.2 Å². The number of rotatable bonds is 4. The summed E-state index contributed by atoms with van der Waals surface area (Å²) in [6, 6.07) is 5.60. The van der Waals surface area contributed by atoms with E-state index in [1.165, 1.54) is 0 Å². The van der Waals surface area contributed by atoms with Crippen molar-refractivity contribution in [1.82, 2.24) is 10.3 Å². The fourth-order valence-electron chi connectivity index (χ4n) is 2.04. The lowest BCUT2D eigenvalue weighted by atomic mass is 10.2. The van der Waals surface area contributed by atoms with Crippen LogP contribution in [0, 0.1) is 6.92 Å². The van der Waals surface area contributed by atoms with Crippen LogP contribution in [0.4, 0.5) is 0 Å². The zero-order valence-corrected chi connectivity index (χ0v) is 14.8. The third kappa shape index (κ3) is 5.14. The third-order valence-electron chi connectivity index (χ3n) is 3.08. The molecule has 0 unspecified atom stereocenters. The van der Waals surface area contributed by atoms with E-state index < -0.39 is 0 Å². The van der Waals surface area contributed by atoms with Gasteiger partial charge in [0.1, 0.15) is 5.69 Å². The van der Waals surface area contributed by atoms with Gasteiger partial charge in [-0.15, -0.1) is 0 Å². The van der Waals surface area contributed by atoms with Gasteiger partial charge >= 0.3 is 0 Å². The highest BCUT2D eigenvalue weighted by Crippen LogP contribution is 2.27. The Balaban J connectivity index is 0.00000170. The normalized spacial score (nSPS) is 10.8. The second-order valence-electron chi connectivity index (χ2n) is 4.65. The number of aromatic amines is 1. The van der Waals surface area contributed by atoms with Crippen LogP contribution in [0.25, 0.3) is 10.9 Å². The molecular weight excluding hydrogens is 320 g/mol.